The number of sulfonamides is 1. The number of thiophene rings is 1. The molecule has 0 radical (unpaired) electrons. The topological polar surface area (TPSA) is 60.2 Å². The molecule has 0 spiro atoms. The molecule has 1 aromatic rings. The quantitative estimate of drug-likeness (QED) is 0.817. The first-order valence-corrected chi connectivity index (χ1v) is 8.53. The fourth-order valence-electron chi connectivity index (χ4n) is 2.01. The van der Waals surface area contributed by atoms with E-state index in [0.29, 0.717) is 4.21 Å². The fraction of sp³-hybridized carbons (Fsp3) is 0.538. The summed E-state index contributed by atoms with van der Waals surface area (Å²) in [6.45, 7) is 5.95. The van der Waals surface area contributed by atoms with Crippen LogP contribution < -0.4 is 5.14 Å². The SMILES string of the molecule is C/C=C/CCc1sc(S(N)(=O)=O)c(C)c1CCC. The van der Waals surface area contributed by atoms with Crippen molar-refractivity contribution in [3.63, 3.8) is 0 Å². The summed E-state index contributed by atoms with van der Waals surface area (Å²) in [7, 11) is -3.58. The van der Waals surface area contributed by atoms with E-state index >= 15 is 0 Å². The van der Waals surface area contributed by atoms with Crippen LogP contribution in [0.3, 0.4) is 0 Å². The Labute approximate surface area is 114 Å². The predicted molar refractivity (Wildman–Crippen MR) is 77.6 cm³/mol. The van der Waals surface area contributed by atoms with Crippen LogP contribution in [0.15, 0.2) is 16.4 Å². The van der Waals surface area contributed by atoms with Gasteiger partial charge < -0.3 is 0 Å². The van der Waals surface area contributed by atoms with Gasteiger partial charge in [0.05, 0.1) is 0 Å². The molecule has 3 nitrogen and oxygen atoms in total. The summed E-state index contributed by atoms with van der Waals surface area (Å²) in [5, 5.41) is 5.26. The zero-order chi connectivity index (χ0) is 13.8. The van der Waals surface area contributed by atoms with Gasteiger partial charge in [0.2, 0.25) is 10.0 Å². The molecule has 5 heteroatoms. The van der Waals surface area contributed by atoms with Crippen molar-refractivity contribution in [3.05, 3.63) is 28.2 Å². The number of hydrogen-bond donors (Lipinski definition) is 1. The van der Waals surface area contributed by atoms with E-state index in [-0.39, 0.29) is 0 Å². The molecule has 0 aliphatic heterocycles. The van der Waals surface area contributed by atoms with Gasteiger partial charge in [-0.3, -0.25) is 0 Å². The molecular formula is C13H21NO2S2. The summed E-state index contributed by atoms with van der Waals surface area (Å²) in [4.78, 5) is 1.16. The standard InChI is InChI=1S/C13H21NO2S2/c1-4-6-7-9-12-11(8-5-2)10(3)13(17-12)18(14,15)16/h4,6H,5,7-9H2,1-3H3,(H2,14,15,16)/b6-4+. The summed E-state index contributed by atoms with van der Waals surface area (Å²) in [5.74, 6) is 0. The highest BCUT2D eigenvalue weighted by Gasteiger charge is 2.20. The van der Waals surface area contributed by atoms with Gasteiger partial charge in [-0.2, -0.15) is 0 Å². The van der Waals surface area contributed by atoms with Crippen molar-refractivity contribution in [1.82, 2.24) is 0 Å². The van der Waals surface area contributed by atoms with Crippen LogP contribution in [0.5, 0.6) is 0 Å². The molecule has 0 aliphatic rings. The maximum atomic E-state index is 11.5. The van der Waals surface area contributed by atoms with Crippen molar-refractivity contribution in [2.45, 2.75) is 50.7 Å². The van der Waals surface area contributed by atoms with Crippen molar-refractivity contribution >= 4 is 21.4 Å². The van der Waals surface area contributed by atoms with Gasteiger partial charge in [0.25, 0.3) is 0 Å². The Morgan fingerprint density at radius 1 is 1.33 bits per heavy atom. The zero-order valence-corrected chi connectivity index (χ0v) is 12.8. The first-order valence-electron chi connectivity index (χ1n) is 6.16. The maximum Gasteiger partial charge on any atom is 0.247 e. The Morgan fingerprint density at radius 2 is 2.00 bits per heavy atom. The van der Waals surface area contributed by atoms with E-state index in [1.807, 2.05) is 19.9 Å². The van der Waals surface area contributed by atoms with Crippen molar-refractivity contribution in [1.29, 1.82) is 0 Å². The molecule has 1 rings (SSSR count). The lowest BCUT2D eigenvalue weighted by molar-refractivity contribution is 0.599. The zero-order valence-electron chi connectivity index (χ0n) is 11.2. The monoisotopic (exact) mass is 287 g/mol. The van der Waals surface area contributed by atoms with E-state index in [9.17, 15) is 8.42 Å². The van der Waals surface area contributed by atoms with E-state index < -0.39 is 10.0 Å². The lowest BCUT2D eigenvalue weighted by atomic mass is 10.0. The van der Waals surface area contributed by atoms with Gasteiger partial charge >= 0.3 is 0 Å². The molecule has 2 N–H and O–H groups in total. The average Bonchev–Trinajstić information content (AvgIpc) is 2.58. The number of allylic oxidation sites excluding steroid dienone is 2. The van der Waals surface area contributed by atoms with Gasteiger partial charge in [-0.05, 0) is 44.2 Å². The third-order valence-electron chi connectivity index (χ3n) is 2.84. The van der Waals surface area contributed by atoms with Gasteiger partial charge in [-0.15, -0.1) is 11.3 Å². The highest BCUT2D eigenvalue weighted by molar-refractivity contribution is 7.91. The fourth-order valence-corrected chi connectivity index (χ4v) is 4.43. The Bertz CT molecular complexity index is 527. The summed E-state index contributed by atoms with van der Waals surface area (Å²) < 4.78 is 23.4. The van der Waals surface area contributed by atoms with Gasteiger partial charge in [-0.25, -0.2) is 13.6 Å². The van der Waals surface area contributed by atoms with Crippen LogP contribution in [-0.2, 0) is 22.9 Å². The van der Waals surface area contributed by atoms with Crippen LogP contribution >= 0.6 is 11.3 Å². The van der Waals surface area contributed by atoms with Crippen LogP contribution in [0.2, 0.25) is 0 Å². The molecule has 0 fully saturated rings. The second kappa shape index (κ2) is 6.50. The van der Waals surface area contributed by atoms with E-state index in [1.54, 1.807) is 0 Å². The molecule has 18 heavy (non-hydrogen) atoms. The molecule has 0 aromatic carbocycles. The summed E-state index contributed by atoms with van der Waals surface area (Å²) >= 11 is 1.34. The Hall–Kier alpha value is -0.650. The highest BCUT2D eigenvalue weighted by Crippen LogP contribution is 2.33. The summed E-state index contributed by atoms with van der Waals surface area (Å²) in [6, 6.07) is 0. The van der Waals surface area contributed by atoms with Crippen LogP contribution in [-0.4, -0.2) is 8.42 Å². The van der Waals surface area contributed by atoms with Crippen molar-refractivity contribution in [2.24, 2.45) is 5.14 Å². The summed E-state index contributed by atoms with van der Waals surface area (Å²) in [6.07, 6.45) is 7.88. The Kier molecular flexibility index (Phi) is 5.56. The van der Waals surface area contributed by atoms with E-state index in [1.165, 1.54) is 16.9 Å². The van der Waals surface area contributed by atoms with Gasteiger partial charge in [0.1, 0.15) is 4.21 Å². The van der Waals surface area contributed by atoms with Crippen LogP contribution in [0, 0.1) is 6.92 Å². The Morgan fingerprint density at radius 3 is 2.50 bits per heavy atom. The first kappa shape index (κ1) is 15.4. The highest BCUT2D eigenvalue weighted by atomic mass is 32.2. The smallest absolute Gasteiger partial charge is 0.224 e. The maximum absolute atomic E-state index is 11.5. The second-order valence-electron chi connectivity index (χ2n) is 4.32. The van der Waals surface area contributed by atoms with Crippen LogP contribution in [0.25, 0.3) is 0 Å². The normalized spacial score (nSPS) is 12.4. The van der Waals surface area contributed by atoms with E-state index in [2.05, 4.69) is 13.0 Å². The number of rotatable bonds is 6. The third-order valence-corrected chi connectivity index (χ3v) is 5.80. The van der Waals surface area contributed by atoms with Gasteiger partial charge in [-0.1, -0.05) is 25.5 Å². The van der Waals surface area contributed by atoms with Crippen LogP contribution in [0.4, 0.5) is 0 Å². The molecule has 0 aliphatic carbocycles. The number of aryl methyl sites for hydroxylation is 1. The van der Waals surface area contributed by atoms with E-state index in [0.717, 1.165) is 36.1 Å². The molecule has 0 atom stereocenters. The lowest BCUT2D eigenvalue weighted by Gasteiger charge is -2.02. The van der Waals surface area contributed by atoms with Crippen molar-refractivity contribution < 1.29 is 8.42 Å². The van der Waals surface area contributed by atoms with Gasteiger partial charge in [0.15, 0.2) is 0 Å². The molecule has 1 heterocycles. The number of nitrogens with two attached hydrogens (primary N) is 1. The largest absolute Gasteiger partial charge is 0.247 e. The second-order valence-corrected chi connectivity index (χ2v) is 7.18. The average molecular weight is 287 g/mol. The van der Waals surface area contributed by atoms with Crippen molar-refractivity contribution in [2.75, 3.05) is 0 Å². The predicted octanol–water partition coefficient (Wildman–Crippen LogP) is 3.17. The molecule has 102 valence electrons. The minimum absolute atomic E-state index is 0.335. The van der Waals surface area contributed by atoms with E-state index in [4.69, 9.17) is 5.14 Å². The number of primary sulfonamides is 1. The third kappa shape index (κ3) is 3.67. The minimum atomic E-state index is -3.58. The molecule has 0 saturated carbocycles. The molecule has 0 unspecified atom stereocenters. The Balaban J connectivity index is 3.15. The minimum Gasteiger partial charge on any atom is -0.224 e. The molecular weight excluding hydrogens is 266 g/mol. The molecule has 0 saturated heterocycles. The summed E-state index contributed by atoms with van der Waals surface area (Å²) in [5.41, 5.74) is 2.02. The molecule has 0 bridgehead atoms. The molecule has 0 amide bonds. The molecule has 1 aromatic heterocycles. The van der Waals surface area contributed by atoms with Crippen LogP contribution in [0.1, 0.15) is 42.7 Å². The number of hydrogen-bond acceptors (Lipinski definition) is 3. The van der Waals surface area contributed by atoms with Crippen molar-refractivity contribution in [3.8, 4) is 0 Å². The first-order chi connectivity index (χ1) is 8.41. The lowest BCUT2D eigenvalue weighted by Crippen LogP contribution is -2.11. The van der Waals surface area contributed by atoms with Gasteiger partial charge in [0, 0.05) is 4.88 Å².